The summed E-state index contributed by atoms with van der Waals surface area (Å²) in [6.07, 6.45) is 5.66. The summed E-state index contributed by atoms with van der Waals surface area (Å²) in [5.74, 6) is 1.47. The highest BCUT2D eigenvalue weighted by atomic mass is 19.1. The van der Waals surface area contributed by atoms with Gasteiger partial charge >= 0.3 is 0 Å². The first-order chi connectivity index (χ1) is 14.9. The van der Waals surface area contributed by atoms with Crippen LogP contribution in [0.15, 0.2) is 47.6 Å². The SMILES string of the molecule is CN=C(NCc1ccc(Oc2ccc(F)cc2)nc1)NCC1(C(=O)N(C)C)CCCC1. The largest absolute Gasteiger partial charge is 0.439 e. The van der Waals surface area contributed by atoms with Crippen LogP contribution < -0.4 is 15.4 Å². The number of aromatic nitrogens is 1. The van der Waals surface area contributed by atoms with Crippen molar-refractivity contribution in [3.63, 3.8) is 0 Å². The Labute approximate surface area is 182 Å². The zero-order chi connectivity index (χ0) is 22.3. The molecule has 31 heavy (non-hydrogen) atoms. The van der Waals surface area contributed by atoms with E-state index in [2.05, 4.69) is 20.6 Å². The van der Waals surface area contributed by atoms with Crippen LogP contribution in [0.5, 0.6) is 11.6 Å². The van der Waals surface area contributed by atoms with Gasteiger partial charge in [0.1, 0.15) is 11.6 Å². The molecular formula is C23H30FN5O2. The molecule has 1 aliphatic rings. The number of nitrogens with one attached hydrogen (secondary N) is 2. The number of pyridine rings is 1. The molecule has 0 bridgehead atoms. The van der Waals surface area contributed by atoms with Gasteiger partial charge in [0.15, 0.2) is 5.96 Å². The van der Waals surface area contributed by atoms with Gasteiger partial charge in [0, 0.05) is 46.5 Å². The molecule has 0 saturated heterocycles. The van der Waals surface area contributed by atoms with Crippen molar-refractivity contribution in [2.45, 2.75) is 32.2 Å². The zero-order valence-electron chi connectivity index (χ0n) is 18.3. The van der Waals surface area contributed by atoms with E-state index in [1.54, 1.807) is 36.3 Å². The molecule has 0 aliphatic heterocycles. The van der Waals surface area contributed by atoms with Crippen molar-refractivity contribution in [3.05, 3.63) is 54.0 Å². The van der Waals surface area contributed by atoms with E-state index in [9.17, 15) is 9.18 Å². The molecule has 7 nitrogen and oxygen atoms in total. The van der Waals surface area contributed by atoms with Crippen LogP contribution in [-0.4, -0.2) is 49.4 Å². The number of rotatable bonds is 7. The molecule has 3 rings (SSSR count). The van der Waals surface area contributed by atoms with Crippen LogP contribution in [0.2, 0.25) is 0 Å². The van der Waals surface area contributed by atoms with Crippen molar-refractivity contribution < 1.29 is 13.9 Å². The Morgan fingerprint density at radius 3 is 2.45 bits per heavy atom. The van der Waals surface area contributed by atoms with E-state index >= 15 is 0 Å². The van der Waals surface area contributed by atoms with E-state index in [1.807, 2.05) is 20.2 Å². The van der Waals surface area contributed by atoms with Gasteiger partial charge in [0.25, 0.3) is 0 Å². The second-order valence-corrected chi connectivity index (χ2v) is 8.03. The third-order valence-corrected chi connectivity index (χ3v) is 5.53. The topological polar surface area (TPSA) is 78.9 Å². The Kier molecular flexibility index (Phi) is 7.44. The number of hydrogen-bond donors (Lipinski definition) is 2. The highest BCUT2D eigenvalue weighted by Gasteiger charge is 2.42. The fraction of sp³-hybridized carbons (Fsp3) is 0.435. The van der Waals surface area contributed by atoms with Crippen molar-refractivity contribution in [2.75, 3.05) is 27.7 Å². The minimum Gasteiger partial charge on any atom is -0.439 e. The van der Waals surface area contributed by atoms with Gasteiger partial charge in [-0.05, 0) is 42.7 Å². The first-order valence-corrected chi connectivity index (χ1v) is 10.5. The lowest BCUT2D eigenvalue weighted by Crippen LogP contribution is -2.49. The summed E-state index contributed by atoms with van der Waals surface area (Å²) < 4.78 is 18.6. The van der Waals surface area contributed by atoms with Gasteiger partial charge < -0.3 is 20.3 Å². The maximum Gasteiger partial charge on any atom is 0.230 e. The summed E-state index contributed by atoms with van der Waals surface area (Å²) in [6, 6.07) is 9.46. The van der Waals surface area contributed by atoms with Crippen molar-refractivity contribution in [3.8, 4) is 11.6 Å². The molecule has 166 valence electrons. The van der Waals surface area contributed by atoms with Crippen LogP contribution in [-0.2, 0) is 11.3 Å². The molecule has 0 unspecified atom stereocenters. The van der Waals surface area contributed by atoms with Gasteiger partial charge in [-0.1, -0.05) is 18.9 Å². The van der Waals surface area contributed by atoms with Crippen molar-refractivity contribution in [1.82, 2.24) is 20.5 Å². The minimum absolute atomic E-state index is 0.175. The molecule has 1 aromatic heterocycles. The highest BCUT2D eigenvalue weighted by Crippen LogP contribution is 2.38. The first kappa shape index (κ1) is 22.5. The average molecular weight is 428 g/mol. The summed E-state index contributed by atoms with van der Waals surface area (Å²) in [7, 11) is 5.33. The Bertz CT molecular complexity index is 891. The molecule has 0 atom stereocenters. The number of benzene rings is 1. The number of halogens is 1. The molecule has 1 aliphatic carbocycles. The third kappa shape index (κ3) is 5.93. The maximum absolute atomic E-state index is 13.0. The predicted molar refractivity (Wildman–Crippen MR) is 119 cm³/mol. The predicted octanol–water partition coefficient (Wildman–Crippen LogP) is 3.33. The number of hydrogen-bond acceptors (Lipinski definition) is 4. The van der Waals surface area contributed by atoms with Gasteiger partial charge in [0.2, 0.25) is 11.8 Å². The van der Waals surface area contributed by atoms with E-state index in [-0.39, 0.29) is 17.1 Å². The number of aliphatic imine (C=N–C) groups is 1. The first-order valence-electron chi connectivity index (χ1n) is 10.5. The van der Waals surface area contributed by atoms with Crippen molar-refractivity contribution >= 4 is 11.9 Å². The Hall–Kier alpha value is -3.16. The van der Waals surface area contributed by atoms with Gasteiger partial charge in [-0.25, -0.2) is 9.37 Å². The number of guanidine groups is 1. The van der Waals surface area contributed by atoms with Gasteiger partial charge in [-0.3, -0.25) is 9.79 Å². The zero-order valence-corrected chi connectivity index (χ0v) is 18.3. The van der Waals surface area contributed by atoms with Crippen LogP contribution in [0.4, 0.5) is 4.39 Å². The van der Waals surface area contributed by atoms with Crippen LogP contribution in [0, 0.1) is 11.2 Å². The normalized spacial score (nSPS) is 15.4. The van der Waals surface area contributed by atoms with Crippen molar-refractivity contribution in [2.24, 2.45) is 10.4 Å². The fourth-order valence-corrected chi connectivity index (χ4v) is 3.85. The Balaban J connectivity index is 1.52. The summed E-state index contributed by atoms with van der Waals surface area (Å²) >= 11 is 0. The minimum atomic E-state index is -0.359. The summed E-state index contributed by atoms with van der Waals surface area (Å²) in [5.41, 5.74) is 0.594. The van der Waals surface area contributed by atoms with Crippen LogP contribution in [0.3, 0.4) is 0 Å². The molecule has 8 heteroatoms. The monoisotopic (exact) mass is 427 g/mol. The molecule has 0 radical (unpaired) electrons. The quantitative estimate of drug-likeness (QED) is 0.524. The Morgan fingerprint density at radius 1 is 1.16 bits per heavy atom. The second kappa shape index (κ2) is 10.2. The number of ether oxygens (including phenoxy) is 1. The molecule has 0 spiro atoms. The average Bonchev–Trinajstić information content (AvgIpc) is 3.26. The summed E-state index contributed by atoms with van der Waals surface area (Å²) in [6.45, 7) is 1.09. The Morgan fingerprint density at radius 2 is 1.87 bits per heavy atom. The van der Waals surface area contributed by atoms with Gasteiger partial charge in [0.05, 0.1) is 5.41 Å². The van der Waals surface area contributed by atoms with E-state index in [1.165, 1.54) is 12.1 Å². The molecule has 1 aromatic carbocycles. The lowest BCUT2D eigenvalue weighted by Gasteiger charge is -2.31. The van der Waals surface area contributed by atoms with Gasteiger partial charge in [-0.15, -0.1) is 0 Å². The molecular weight excluding hydrogens is 397 g/mol. The smallest absolute Gasteiger partial charge is 0.230 e. The molecule has 2 aromatic rings. The van der Waals surface area contributed by atoms with E-state index in [0.29, 0.717) is 30.7 Å². The second-order valence-electron chi connectivity index (χ2n) is 8.03. The molecule has 1 saturated carbocycles. The van der Waals surface area contributed by atoms with Gasteiger partial charge in [-0.2, -0.15) is 0 Å². The number of nitrogens with zero attached hydrogens (tertiary/aromatic N) is 3. The molecule has 1 amide bonds. The molecule has 1 heterocycles. The van der Waals surface area contributed by atoms with E-state index < -0.39 is 0 Å². The van der Waals surface area contributed by atoms with Crippen LogP contribution >= 0.6 is 0 Å². The number of carbonyl (C=O) groups is 1. The molecule has 1 fully saturated rings. The van der Waals surface area contributed by atoms with Crippen LogP contribution in [0.25, 0.3) is 0 Å². The maximum atomic E-state index is 13.0. The standard InChI is InChI=1S/C23H30FN5O2/c1-25-22(28-16-23(12-4-5-13-23)21(30)29(2)3)27-15-17-6-11-20(26-14-17)31-19-9-7-18(24)8-10-19/h6-11,14H,4-5,12-13,15-16H2,1-3H3,(H2,25,27,28). The lowest BCUT2D eigenvalue weighted by molar-refractivity contribution is -0.138. The van der Waals surface area contributed by atoms with E-state index in [4.69, 9.17) is 4.74 Å². The molecule has 2 N–H and O–H groups in total. The number of carbonyl (C=O) groups excluding carboxylic acids is 1. The highest BCUT2D eigenvalue weighted by molar-refractivity contribution is 5.85. The number of amides is 1. The lowest BCUT2D eigenvalue weighted by atomic mass is 9.84. The van der Waals surface area contributed by atoms with Crippen molar-refractivity contribution in [1.29, 1.82) is 0 Å². The van der Waals surface area contributed by atoms with E-state index in [0.717, 1.165) is 31.2 Å². The van der Waals surface area contributed by atoms with Crippen LogP contribution in [0.1, 0.15) is 31.2 Å². The fourth-order valence-electron chi connectivity index (χ4n) is 3.85. The third-order valence-electron chi connectivity index (χ3n) is 5.53. The summed E-state index contributed by atoms with van der Waals surface area (Å²) in [4.78, 5) is 23.0. The summed E-state index contributed by atoms with van der Waals surface area (Å²) in [5, 5.41) is 6.58.